The van der Waals surface area contributed by atoms with Crippen LogP contribution < -0.4 is 16.0 Å². The molecule has 2 atom stereocenters. The molecule has 0 bridgehead atoms. The van der Waals surface area contributed by atoms with Gasteiger partial charge in [0.25, 0.3) is 0 Å². The Balaban J connectivity index is 1.46. The minimum absolute atomic E-state index is 0.0133. The van der Waals surface area contributed by atoms with Crippen molar-refractivity contribution in [2.75, 3.05) is 38.0 Å². The van der Waals surface area contributed by atoms with E-state index >= 15 is 0 Å². The maximum atomic E-state index is 13.7. The Morgan fingerprint density at radius 3 is 2.88 bits per heavy atom. The highest BCUT2D eigenvalue weighted by Gasteiger charge is 2.28. The van der Waals surface area contributed by atoms with Crippen LogP contribution in [-0.4, -0.2) is 49.6 Å². The van der Waals surface area contributed by atoms with Crippen LogP contribution in [0.15, 0.2) is 24.3 Å². The van der Waals surface area contributed by atoms with Gasteiger partial charge in [0.05, 0.1) is 11.6 Å². The zero-order chi connectivity index (χ0) is 18.4. The number of para-hydroxylation sites is 1. The molecule has 2 heterocycles. The van der Waals surface area contributed by atoms with Gasteiger partial charge in [-0.15, -0.1) is 0 Å². The average Bonchev–Trinajstić information content (AvgIpc) is 3.17. The molecule has 7 heteroatoms. The van der Waals surface area contributed by atoms with Gasteiger partial charge in [-0.2, -0.15) is 0 Å². The third-order valence-electron chi connectivity index (χ3n) is 5.21. The molecular formula is C19H27FN4O2. The normalized spacial score (nSPS) is 22.9. The predicted octanol–water partition coefficient (Wildman–Crippen LogP) is 2.19. The number of benzene rings is 1. The standard InChI is InChI=1S/C19H27FN4O2/c20-16-5-1-2-6-17(16)23-19(26)24-11-3-4-15(13-24)18(25)22-10-8-14-7-9-21-12-14/h1-2,5-6,14-15,21H,3-4,7-13H2,(H,22,25)(H,23,26). The molecule has 2 aliphatic heterocycles. The van der Waals surface area contributed by atoms with Crippen molar-refractivity contribution >= 4 is 17.6 Å². The van der Waals surface area contributed by atoms with Crippen LogP contribution in [0.1, 0.15) is 25.7 Å². The summed E-state index contributed by atoms with van der Waals surface area (Å²) >= 11 is 0. The summed E-state index contributed by atoms with van der Waals surface area (Å²) in [5.74, 6) is -0.00516. The van der Waals surface area contributed by atoms with E-state index in [0.29, 0.717) is 25.6 Å². The van der Waals surface area contributed by atoms with Crippen LogP contribution in [0.3, 0.4) is 0 Å². The number of amides is 3. The van der Waals surface area contributed by atoms with Crippen LogP contribution >= 0.6 is 0 Å². The van der Waals surface area contributed by atoms with Crippen LogP contribution in [-0.2, 0) is 4.79 Å². The number of nitrogens with one attached hydrogen (secondary N) is 3. The minimum Gasteiger partial charge on any atom is -0.356 e. The molecule has 2 saturated heterocycles. The first kappa shape index (κ1) is 18.6. The smallest absolute Gasteiger partial charge is 0.321 e. The number of hydrogen-bond acceptors (Lipinski definition) is 3. The van der Waals surface area contributed by atoms with E-state index < -0.39 is 5.82 Å². The van der Waals surface area contributed by atoms with Crippen molar-refractivity contribution in [3.05, 3.63) is 30.1 Å². The van der Waals surface area contributed by atoms with E-state index in [1.54, 1.807) is 17.0 Å². The average molecular weight is 362 g/mol. The summed E-state index contributed by atoms with van der Waals surface area (Å²) in [7, 11) is 0. The number of urea groups is 1. The first-order chi connectivity index (χ1) is 12.6. The van der Waals surface area contributed by atoms with Gasteiger partial charge in [-0.1, -0.05) is 12.1 Å². The Hall–Kier alpha value is -2.15. The molecule has 1 aromatic carbocycles. The van der Waals surface area contributed by atoms with E-state index in [1.165, 1.54) is 18.6 Å². The molecule has 1 aromatic rings. The van der Waals surface area contributed by atoms with Gasteiger partial charge in [-0.25, -0.2) is 9.18 Å². The molecular weight excluding hydrogens is 335 g/mol. The number of halogens is 1. The highest BCUT2D eigenvalue weighted by Crippen LogP contribution is 2.19. The van der Waals surface area contributed by atoms with Crippen molar-refractivity contribution in [1.82, 2.24) is 15.5 Å². The highest BCUT2D eigenvalue weighted by atomic mass is 19.1. The van der Waals surface area contributed by atoms with Gasteiger partial charge >= 0.3 is 6.03 Å². The number of carbonyl (C=O) groups excluding carboxylic acids is 2. The van der Waals surface area contributed by atoms with Gasteiger partial charge < -0.3 is 20.9 Å². The molecule has 0 saturated carbocycles. The van der Waals surface area contributed by atoms with Gasteiger partial charge in [0.1, 0.15) is 5.82 Å². The lowest BCUT2D eigenvalue weighted by Gasteiger charge is -2.32. The largest absolute Gasteiger partial charge is 0.356 e. The summed E-state index contributed by atoms with van der Waals surface area (Å²) in [5, 5.41) is 8.93. The molecule has 2 unspecified atom stereocenters. The van der Waals surface area contributed by atoms with Crippen LogP contribution in [0, 0.1) is 17.7 Å². The Morgan fingerprint density at radius 1 is 1.27 bits per heavy atom. The quantitative estimate of drug-likeness (QED) is 0.752. The van der Waals surface area contributed by atoms with Crippen LogP contribution in [0.2, 0.25) is 0 Å². The highest BCUT2D eigenvalue weighted by molar-refractivity contribution is 5.90. The van der Waals surface area contributed by atoms with E-state index in [4.69, 9.17) is 0 Å². The van der Waals surface area contributed by atoms with E-state index in [9.17, 15) is 14.0 Å². The molecule has 0 radical (unpaired) electrons. The Labute approximate surface area is 153 Å². The number of carbonyl (C=O) groups is 2. The summed E-state index contributed by atoms with van der Waals surface area (Å²) < 4.78 is 13.7. The molecule has 0 spiro atoms. The molecule has 6 nitrogen and oxygen atoms in total. The van der Waals surface area contributed by atoms with E-state index in [2.05, 4.69) is 16.0 Å². The van der Waals surface area contributed by atoms with Gasteiger partial charge in [0.2, 0.25) is 5.91 Å². The van der Waals surface area contributed by atoms with E-state index in [-0.39, 0.29) is 23.5 Å². The third-order valence-corrected chi connectivity index (χ3v) is 5.21. The number of piperidine rings is 1. The zero-order valence-corrected chi connectivity index (χ0v) is 15.0. The molecule has 26 heavy (non-hydrogen) atoms. The number of anilines is 1. The number of likely N-dealkylation sites (tertiary alicyclic amines) is 1. The first-order valence-electron chi connectivity index (χ1n) is 9.42. The lowest BCUT2D eigenvalue weighted by Crippen LogP contribution is -2.47. The summed E-state index contributed by atoms with van der Waals surface area (Å²) in [5.41, 5.74) is 0.161. The summed E-state index contributed by atoms with van der Waals surface area (Å²) in [6, 6.07) is 5.73. The lowest BCUT2D eigenvalue weighted by atomic mass is 9.97. The Bertz CT molecular complexity index is 634. The number of nitrogens with zero attached hydrogens (tertiary/aromatic N) is 1. The van der Waals surface area contributed by atoms with E-state index in [1.807, 2.05) is 0 Å². The fourth-order valence-corrected chi connectivity index (χ4v) is 3.64. The van der Waals surface area contributed by atoms with Crippen molar-refractivity contribution in [1.29, 1.82) is 0 Å². The summed E-state index contributed by atoms with van der Waals surface area (Å²) in [6.07, 6.45) is 3.71. The van der Waals surface area contributed by atoms with Gasteiger partial charge in [0, 0.05) is 19.6 Å². The van der Waals surface area contributed by atoms with Crippen molar-refractivity contribution in [2.45, 2.75) is 25.7 Å². The van der Waals surface area contributed by atoms with Crippen LogP contribution in [0.5, 0.6) is 0 Å². The van der Waals surface area contributed by atoms with Crippen molar-refractivity contribution in [2.24, 2.45) is 11.8 Å². The Morgan fingerprint density at radius 2 is 2.12 bits per heavy atom. The molecule has 3 rings (SSSR count). The first-order valence-corrected chi connectivity index (χ1v) is 9.42. The summed E-state index contributed by atoms with van der Waals surface area (Å²) in [6.45, 7) is 3.73. The second-order valence-electron chi connectivity index (χ2n) is 7.13. The number of hydrogen-bond donors (Lipinski definition) is 3. The zero-order valence-electron chi connectivity index (χ0n) is 15.0. The molecule has 2 aliphatic rings. The van der Waals surface area contributed by atoms with Crippen molar-refractivity contribution in [3.8, 4) is 0 Å². The molecule has 3 N–H and O–H groups in total. The van der Waals surface area contributed by atoms with Gasteiger partial charge in [-0.05, 0) is 56.8 Å². The van der Waals surface area contributed by atoms with Gasteiger partial charge in [0.15, 0.2) is 0 Å². The monoisotopic (exact) mass is 362 g/mol. The summed E-state index contributed by atoms with van der Waals surface area (Å²) in [4.78, 5) is 26.4. The second kappa shape index (κ2) is 8.98. The molecule has 3 amide bonds. The van der Waals surface area contributed by atoms with E-state index in [0.717, 1.165) is 32.4 Å². The molecule has 0 aliphatic carbocycles. The molecule has 0 aromatic heterocycles. The van der Waals surface area contributed by atoms with Crippen LogP contribution in [0.25, 0.3) is 0 Å². The van der Waals surface area contributed by atoms with Crippen LogP contribution in [0.4, 0.5) is 14.9 Å². The lowest BCUT2D eigenvalue weighted by molar-refractivity contribution is -0.126. The molecule has 2 fully saturated rings. The molecule has 142 valence electrons. The predicted molar refractivity (Wildman–Crippen MR) is 98.3 cm³/mol. The number of rotatable bonds is 5. The fraction of sp³-hybridized carbons (Fsp3) is 0.579. The third kappa shape index (κ3) is 4.94. The van der Waals surface area contributed by atoms with Gasteiger partial charge in [-0.3, -0.25) is 4.79 Å². The maximum Gasteiger partial charge on any atom is 0.321 e. The Kier molecular flexibility index (Phi) is 6.44. The SMILES string of the molecule is O=C(NCCC1CCNC1)C1CCCN(C(=O)Nc2ccccc2F)C1. The van der Waals surface area contributed by atoms with Crippen molar-refractivity contribution in [3.63, 3.8) is 0 Å². The fourth-order valence-electron chi connectivity index (χ4n) is 3.64. The topological polar surface area (TPSA) is 73.5 Å². The minimum atomic E-state index is -0.464. The van der Waals surface area contributed by atoms with Crippen molar-refractivity contribution < 1.29 is 14.0 Å². The second-order valence-corrected chi connectivity index (χ2v) is 7.13. The maximum absolute atomic E-state index is 13.7.